The van der Waals surface area contributed by atoms with E-state index in [-0.39, 0.29) is 35.7 Å². The molecular formula is C29H30F2N6O4S. The molecule has 1 aromatic carbocycles. The molecule has 13 heteroatoms. The van der Waals surface area contributed by atoms with Crippen molar-refractivity contribution in [1.29, 1.82) is 0 Å². The molecule has 1 atom stereocenters. The average Bonchev–Trinajstić information content (AvgIpc) is 3.27. The van der Waals surface area contributed by atoms with Gasteiger partial charge in [0.2, 0.25) is 27.8 Å². The lowest BCUT2D eigenvalue weighted by atomic mass is 9.87. The van der Waals surface area contributed by atoms with Gasteiger partial charge in [0, 0.05) is 34.9 Å². The Kier molecular flexibility index (Phi) is 8.49. The van der Waals surface area contributed by atoms with Gasteiger partial charge in [-0.2, -0.15) is 0 Å². The number of sulfonamides is 1. The van der Waals surface area contributed by atoms with Crippen LogP contribution in [-0.4, -0.2) is 47.3 Å². The van der Waals surface area contributed by atoms with Crippen molar-refractivity contribution in [3.63, 3.8) is 0 Å². The van der Waals surface area contributed by atoms with Gasteiger partial charge in [-0.25, -0.2) is 26.6 Å². The van der Waals surface area contributed by atoms with E-state index in [0.29, 0.717) is 28.1 Å². The van der Waals surface area contributed by atoms with Crippen LogP contribution in [0.4, 0.5) is 14.7 Å². The third-order valence-electron chi connectivity index (χ3n) is 6.02. The van der Waals surface area contributed by atoms with E-state index in [1.165, 1.54) is 23.6 Å². The Hall–Kier alpha value is -4.57. The molecule has 4 rings (SSSR count). The molecule has 0 aliphatic carbocycles. The van der Waals surface area contributed by atoms with Crippen LogP contribution in [0.1, 0.15) is 50.1 Å². The van der Waals surface area contributed by atoms with Crippen LogP contribution in [0.3, 0.4) is 0 Å². The summed E-state index contributed by atoms with van der Waals surface area (Å²) in [4.78, 5) is 17.0. The molecule has 0 saturated carbocycles. The van der Waals surface area contributed by atoms with Crippen LogP contribution in [0.2, 0.25) is 0 Å². The van der Waals surface area contributed by atoms with Crippen LogP contribution in [-0.2, 0) is 21.2 Å². The van der Waals surface area contributed by atoms with E-state index in [1.54, 1.807) is 24.3 Å². The monoisotopic (exact) mass is 596 g/mol. The molecule has 0 saturated heterocycles. The number of nitrogens with zero attached hydrogens (tertiary/aromatic N) is 4. The lowest BCUT2D eigenvalue weighted by Crippen LogP contribution is -2.19. The van der Waals surface area contributed by atoms with Gasteiger partial charge < -0.3 is 10.5 Å². The molecule has 1 amide bonds. The molecule has 0 bridgehead atoms. The topological polar surface area (TPSA) is 142 Å². The molecule has 220 valence electrons. The molecule has 3 heterocycles. The summed E-state index contributed by atoms with van der Waals surface area (Å²) in [5.41, 5.74) is 7.61. The third kappa shape index (κ3) is 7.38. The zero-order valence-electron chi connectivity index (χ0n) is 23.7. The first-order valence-electron chi connectivity index (χ1n) is 12.8. The van der Waals surface area contributed by atoms with E-state index in [1.807, 2.05) is 20.8 Å². The van der Waals surface area contributed by atoms with Crippen LogP contribution >= 0.6 is 0 Å². The number of rotatable bonds is 9. The maximum absolute atomic E-state index is 14.1. The molecule has 3 aromatic heterocycles. The number of ether oxygens (including phenoxy) is 1. The van der Waals surface area contributed by atoms with E-state index in [0.717, 1.165) is 12.3 Å². The first-order chi connectivity index (χ1) is 19.6. The highest BCUT2D eigenvalue weighted by Crippen LogP contribution is 2.36. The van der Waals surface area contributed by atoms with Crippen molar-refractivity contribution in [2.24, 2.45) is 11.1 Å². The standard InChI is InChI=1S/C29H30F2N6O4S/c1-29(2,3)11-10-21-6-7-22(23-8-9-25(41-4)37-27(23)34-35-28(37)36-42(5,39)40)26(33-21)18(15-24(32)38)12-17-13-19(30)16-20(31)14-17/h6-9,13-14,16,18H,12,15H2,1-5H3,(H2,32,38)(H,35,36)/t18-/m0/s1. The molecule has 0 aliphatic heterocycles. The molecule has 0 radical (unpaired) electrons. The minimum absolute atomic E-state index is 0.0355. The highest BCUT2D eigenvalue weighted by atomic mass is 32.2. The van der Waals surface area contributed by atoms with Gasteiger partial charge in [-0.3, -0.25) is 9.52 Å². The molecular weight excluding hydrogens is 566 g/mol. The van der Waals surface area contributed by atoms with Crippen molar-refractivity contribution in [2.45, 2.75) is 39.5 Å². The number of hydrogen-bond donors (Lipinski definition) is 2. The maximum atomic E-state index is 14.1. The fourth-order valence-corrected chi connectivity index (χ4v) is 4.89. The predicted octanol–water partition coefficient (Wildman–Crippen LogP) is 4.05. The molecule has 0 unspecified atom stereocenters. The van der Waals surface area contributed by atoms with Gasteiger partial charge in [0.1, 0.15) is 17.3 Å². The van der Waals surface area contributed by atoms with Gasteiger partial charge in [-0.05, 0) is 75.1 Å². The summed E-state index contributed by atoms with van der Waals surface area (Å²) in [5.74, 6) is 3.46. The smallest absolute Gasteiger partial charge is 0.245 e. The SMILES string of the molecule is COc1ccc(-c2ccc(C#CC(C)(C)C)nc2[C@H](CC(N)=O)Cc2cc(F)cc(F)c2)c2nnc(NS(C)(=O)=O)n12. The molecule has 10 nitrogen and oxygen atoms in total. The van der Waals surface area contributed by atoms with E-state index in [2.05, 4.69) is 26.8 Å². The minimum Gasteiger partial charge on any atom is -0.482 e. The number of fused-ring (bicyclic) bond motifs is 1. The third-order valence-corrected chi connectivity index (χ3v) is 6.58. The van der Waals surface area contributed by atoms with Gasteiger partial charge >= 0.3 is 0 Å². The van der Waals surface area contributed by atoms with E-state index < -0.39 is 33.5 Å². The van der Waals surface area contributed by atoms with Gasteiger partial charge in [0.15, 0.2) is 5.65 Å². The second-order valence-corrected chi connectivity index (χ2v) is 12.6. The Morgan fingerprint density at radius 2 is 1.76 bits per heavy atom. The Bertz CT molecular complexity index is 1820. The van der Waals surface area contributed by atoms with Crippen LogP contribution < -0.4 is 15.2 Å². The van der Waals surface area contributed by atoms with Crippen molar-refractivity contribution in [3.05, 3.63) is 71.1 Å². The Morgan fingerprint density at radius 3 is 2.36 bits per heavy atom. The lowest BCUT2D eigenvalue weighted by Gasteiger charge is -2.20. The Morgan fingerprint density at radius 1 is 1.10 bits per heavy atom. The summed E-state index contributed by atoms with van der Waals surface area (Å²) >= 11 is 0. The molecule has 0 aliphatic rings. The van der Waals surface area contributed by atoms with E-state index >= 15 is 0 Å². The number of halogens is 2. The average molecular weight is 597 g/mol. The van der Waals surface area contributed by atoms with Crippen LogP contribution in [0.5, 0.6) is 5.88 Å². The lowest BCUT2D eigenvalue weighted by molar-refractivity contribution is -0.118. The number of pyridine rings is 2. The van der Waals surface area contributed by atoms with Crippen LogP contribution in [0.25, 0.3) is 16.8 Å². The van der Waals surface area contributed by atoms with Crippen LogP contribution in [0.15, 0.2) is 42.5 Å². The van der Waals surface area contributed by atoms with Gasteiger partial charge in [-0.1, -0.05) is 5.92 Å². The summed E-state index contributed by atoms with van der Waals surface area (Å²) in [6, 6.07) is 9.88. The van der Waals surface area contributed by atoms with Crippen LogP contribution in [0, 0.1) is 28.9 Å². The normalized spacial score (nSPS) is 12.5. The molecule has 42 heavy (non-hydrogen) atoms. The van der Waals surface area contributed by atoms with E-state index in [9.17, 15) is 22.0 Å². The van der Waals surface area contributed by atoms with Crippen molar-refractivity contribution in [1.82, 2.24) is 19.6 Å². The number of amides is 1. The number of benzene rings is 1. The molecule has 3 N–H and O–H groups in total. The number of carbonyl (C=O) groups is 1. The van der Waals surface area contributed by atoms with Crippen molar-refractivity contribution in [2.75, 3.05) is 18.1 Å². The summed E-state index contributed by atoms with van der Waals surface area (Å²) in [6.07, 6.45) is 0.829. The van der Waals surface area contributed by atoms with E-state index in [4.69, 9.17) is 15.5 Å². The maximum Gasteiger partial charge on any atom is 0.245 e. The number of aromatic nitrogens is 4. The quantitative estimate of drug-likeness (QED) is 0.278. The summed E-state index contributed by atoms with van der Waals surface area (Å²) < 4.78 is 61.3. The van der Waals surface area contributed by atoms with Gasteiger partial charge in [0.25, 0.3) is 0 Å². The minimum atomic E-state index is -3.71. The second kappa shape index (κ2) is 11.7. The Labute approximate surface area is 242 Å². The first kappa shape index (κ1) is 30.4. The number of anilines is 1. The molecule has 4 aromatic rings. The highest BCUT2D eigenvalue weighted by molar-refractivity contribution is 7.92. The summed E-state index contributed by atoms with van der Waals surface area (Å²) in [6.45, 7) is 5.85. The second-order valence-electron chi connectivity index (χ2n) is 10.8. The summed E-state index contributed by atoms with van der Waals surface area (Å²) in [5, 5.41) is 8.21. The Balaban J connectivity index is 1.98. The number of methoxy groups -OCH3 is 1. The first-order valence-corrected chi connectivity index (χ1v) is 14.7. The van der Waals surface area contributed by atoms with Crippen molar-refractivity contribution >= 4 is 27.5 Å². The number of carbonyl (C=O) groups excluding carboxylic acids is 1. The zero-order valence-corrected chi connectivity index (χ0v) is 24.5. The number of nitrogens with one attached hydrogen (secondary N) is 1. The van der Waals surface area contributed by atoms with Crippen molar-refractivity contribution < 1.29 is 26.7 Å². The largest absolute Gasteiger partial charge is 0.482 e. The number of primary amides is 1. The number of hydrogen-bond acceptors (Lipinski definition) is 7. The van der Waals surface area contributed by atoms with Gasteiger partial charge in [-0.15, -0.1) is 10.2 Å². The van der Waals surface area contributed by atoms with Crippen molar-refractivity contribution in [3.8, 4) is 28.8 Å². The fraction of sp³-hybridized carbons (Fsp3) is 0.310. The highest BCUT2D eigenvalue weighted by Gasteiger charge is 2.25. The van der Waals surface area contributed by atoms with Gasteiger partial charge in [0.05, 0.1) is 19.1 Å². The summed E-state index contributed by atoms with van der Waals surface area (Å²) in [7, 11) is -2.30. The molecule has 0 fully saturated rings. The fourth-order valence-electron chi connectivity index (χ4n) is 4.43. The zero-order chi connectivity index (χ0) is 30.8. The predicted molar refractivity (Wildman–Crippen MR) is 154 cm³/mol. The number of nitrogens with two attached hydrogens (primary N) is 1. The molecule has 0 spiro atoms.